The maximum absolute atomic E-state index is 13.2. The smallest absolute Gasteiger partial charge is 0.255 e. The van der Waals surface area contributed by atoms with E-state index in [2.05, 4.69) is 0 Å². The molecule has 2 N–H and O–H groups in total. The third-order valence-corrected chi connectivity index (χ3v) is 2.89. The van der Waals surface area contributed by atoms with Crippen molar-refractivity contribution in [2.24, 2.45) is 5.73 Å². The van der Waals surface area contributed by atoms with Crippen LogP contribution in [0.3, 0.4) is 0 Å². The van der Waals surface area contributed by atoms with Crippen LogP contribution in [0.2, 0.25) is 5.02 Å². The Balaban J connectivity index is 0.00000256. The van der Waals surface area contributed by atoms with Crippen LogP contribution in [0, 0.1) is 5.82 Å². The van der Waals surface area contributed by atoms with E-state index in [1.54, 1.807) is 7.05 Å². The third kappa shape index (κ3) is 3.56. The van der Waals surface area contributed by atoms with Crippen LogP contribution in [0.1, 0.15) is 17.3 Å². The molecule has 0 spiro atoms. The predicted molar refractivity (Wildman–Crippen MR) is 69.3 cm³/mol. The van der Waals surface area contributed by atoms with Crippen molar-refractivity contribution < 1.29 is 9.18 Å². The van der Waals surface area contributed by atoms with Gasteiger partial charge in [-0.3, -0.25) is 4.79 Å². The highest BCUT2D eigenvalue weighted by Gasteiger charge is 2.20. The summed E-state index contributed by atoms with van der Waals surface area (Å²) in [5.74, 6) is -0.927. The molecule has 0 aliphatic heterocycles. The Morgan fingerprint density at radius 1 is 1.59 bits per heavy atom. The van der Waals surface area contributed by atoms with Crippen LogP contribution in [0.4, 0.5) is 4.39 Å². The lowest BCUT2D eigenvalue weighted by atomic mass is 10.1. The fourth-order valence-corrected chi connectivity index (χ4v) is 1.42. The van der Waals surface area contributed by atoms with Crippen molar-refractivity contribution in [2.45, 2.75) is 13.0 Å². The predicted octanol–water partition coefficient (Wildman–Crippen LogP) is 2.32. The second-order valence-corrected chi connectivity index (χ2v) is 3.98. The largest absolute Gasteiger partial charge is 0.338 e. The highest BCUT2D eigenvalue weighted by Crippen LogP contribution is 2.21. The molecule has 1 aromatic rings. The van der Waals surface area contributed by atoms with Gasteiger partial charge >= 0.3 is 0 Å². The number of likely N-dealkylation sites (N-methyl/N-ethyl adjacent to an activating group) is 1. The van der Waals surface area contributed by atoms with Gasteiger partial charge in [0, 0.05) is 19.6 Å². The number of amides is 1. The Morgan fingerprint density at radius 3 is 2.71 bits per heavy atom. The summed E-state index contributed by atoms with van der Waals surface area (Å²) in [5.41, 5.74) is 5.61. The molecule has 1 amide bonds. The first-order valence-electron chi connectivity index (χ1n) is 4.90. The minimum atomic E-state index is -0.596. The van der Waals surface area contributed by atoms with E-state index in [0.717, 1.165) is 0 Å². The maximum atomic E-state index is 13.2. The minimum absolute atomic E-state index is 0. The van der Waals surface area contributed by atoms with E-state index < -0.39 is 5.82 Å². The Morgan fingerprint density at radius 2 is 2.18 bits per heavy atom. The fraction of sp³-hybridized carbons (Fsp3) is 0.364. The molecule has 0 aliphatic rings. The molecule has 1 unspecified atom stereocenters. The van der Waals surface area contributed by atoms with Gasteiger partial charge in [0.2, 0.25) is 0 Å². The van der Waals surface area contributed by atoms with E-state index in [4.69, 9.17) is 17.3 Å². The summed E-state index contributed by atoms with van der Waals surface area (Å²) in [6.07, 6.45) is 0. The molecule has 6 heteroatoms. The number of carbonyl (C=O) groups excluding carboxylic acids is 1. The standard InChI is InChI=1S/C11H14ClFN2O.ClH/c1-7(6-14)15(2)11(16)8-4-3-5-9(13)10(8)12;/h3-5,7H,6,14H2,1-2H3;1H. The summed E-state index contributed by atoms with van der Waals surface area (Å²) in [4.78, 5) is 13.4. The number of carbonyl (C=O) groups is 1. The molecule has 0 fully saturated rings. The number of hydrogen-bond donors (Lipinski definition) is 1. The molecular formula is C11H15Cl2FN2O. The lowest BCUT2D eigenvalue weighted by Gasteiger charge is -2.24. The molecule has 0 radical (unpaired) electrons. The van der Waals surface area contributed by atoms with Crippen LogP contribution in [0.5, 0.6) is 0 Å². The van der Waals surface area contributed by atoms with Gasteiger partial charge in [0.1, 0.15) is 5.82 Å². The molecule has 0 saturated heterocycles. The van der Waals surface area contributed by atoms with Crippen LogP contribution in [0.25, 0.3) is 0 Å². The number of nitrogens with two attached hydrogens (primary N) is 1. The lowest BCUT2D eigenvalue weighted by molar-refractivity contribution is 0.0748. The first-order valence-corrected chi connectivity index (χ1v) is 5.28. The van der Waals surface area contributed by atoms with Crippen molar-refractivity contribution in [3.63, 3.8) is 0 Å². The molecule has 0 bridgehead atoms. The normalized spacial score (nSPS) is 11.6. The number of rotatable bonds is 3. The van der Waals surface area contributed by atoms with E-state index >= 15 is 0 Å². The Labute approximate surface area is 111 Å². The second-order valence-electron chi connectivity index (χ2n) is 3.60. The molecule has 1 aromatic carbocycles. The van der Waals surface area contributed by atoms with Crippen molar-refractivity contribution in [2.75, 3.05) is 13.6 Å². The molecule has 3 nitrogen and oxygen atoms in total. The van der Waals surface area contributed by atoms with Gasteiger partial charge in [-0.25, -0.2) is 4.39 Å². The Bertz CT molecular complexity index is 401. The number of benzene rings is 1. The highest BCUT2D eigenvalue weighted by atomic mass is 35.5. The summed E-state index contributed by atoms with van der Waals surface area (Å²) in [5, 5.41) is -0.149. The molecule has 0 aromatic heterocycles. The number of nitrogens with zero attached hydrogens (tertiary/aromatic N) is 1. The molecule has 1 rings (SSSR count). The summed E-state index contributed by atoms with van der Waals surface area (Å²) < 4.78 is 13.2. The van der Waals surface area contributed by atoms with Crippen LogP contribution < -0.4 is 5.73 Å². The van der Waals surface area contributed by atoms with E-state index in [1.165, 1.54) is 23.1 Å². The van der Waals surface area contributed by atoms with E-state index in [9.17, 15) is 9.18 Å². The van der Waals surface area contributed by atoms with Gasteiger partial charge in [0.15, 0.2) is 0 Å². The van der Waals surface area contributed by atoms with Gasteiger partial charge in [0.05, 0.1) is 10.6 Å². The van der Waals surface area contributed by atoms with Crippen molar-refractivity contribution in [3.8, 4) is 0 Å². The van der Waals surface area contributed by atoms with Crippen molar-refractivity contribution in [3.05, 3.63) is 34.6 Å². The topological polar surface area (TPSA) is 46.3 Å². The average Bonchev–Trinajstić information content (AvgIpc) is 2.29. The SMILES string of the molecule is CC(CN)N(C)C(=O)c1cccc(F)c1Cl.Cl. The van der Waals surface area contributed by atoms with Crippen LogP contribution in [-0.2, 0) is 0 Å². The maximum Gasteiger partial charge on any atom is 0.255 e. The molecule has 0 saturated carbocycles. The monoisotopic (exact) mass is 280 g/mol. The van der Waals surface area contributed by atoms with Gasteiger partial charge < -0.3 is 10.6 Å². The fourth-order valence-electron chi connectivity index (χ4n) is 1.22. The zero-order valence-electron chi connectivity index (χ0n) is 9.61. The van der Waals surface area contributed by atoms with Gasteiger partial charge in [-0.1, -0.05) is 17.7 Å². The summed E-state index contributed by atoms with van der Waals surface area (Å²) in [6.45, 7) is 2.15. The van der Waals surface area contributed by atoms with Crippen LogP contribution >= 0.6 is 24.0 Å². The lowest BCUT2D eigenvalue weighted by Crippen LogP contribution is -2.39. The zero-order chi connectivity index (χ0) is 12.3. The van der Waals surface area contributed by atoms with Gasteiger partial charge in [-0.15, -0.1) is 12.4 Å². The van der Waals surface area contributed by atoms with Crippen molar-refractivity contribution in [1.82, 2.24) is 4.90 Å². The average molecular weight is 281 g/mol. The second kappa shape index (κ2) is 6.79. The third-order valence-electron chi connectivity index (χ3n) is 2.50. The molecule has 1 atom stereocenters. The molecule has 0 aliphatic carbocycles. The quantitative estimate of drug-likeness (QED) is 0.924. The van der Waals surface area contributed by atoms with Crippen molar-refractivity contribution >= 4 is 29.9 Å². The molecule has 96 valence electrons. The Hall–Kier alpha value is -0.840. The summed E-state index contributed by atoms with van der Waals surface area (Å²) in [6, 6.07) is 4.04. The van der Waals surface area contributed by atoms with Gasteiger partial charge in [-0.05, 0) is 19.1 Å². The van der Waals surface area contributed by atoms with Crippen molar-refractivity contribution in [1.29, 1.82) is 0 Å². The van der Waals surface area contributed by atoms with Crippen LogP contribution in [-0.4, -0.2) is 30.4 Å². The van der Waals surface area contributed by atoms with Gasteiger partial charge in [-0.2, -0.15) is 0 Å². The molecule has 17 heavy (non-hydrogen) atoms. The molecule has 0 heterocycles. The molecular weight excluding hydrogens is 266 g/mol. The van der Waals surface area contributed by atoms with Gasteiger partial charge in [0.25, 0.3) is 5.91 Å². The van der Waals surface area contributed by atoms with E-state index in [-0.39, 0.29) is 34.9 Å². The summed E-state index contributed by atoms with van der Waals surface area (Å²) in [7, 11) is 1.61. The first kappa shape index (κ1) is 16.2. The number of hydrogen-bond acceptors (Lipinski definition) is 2. The first-order chi connectivity index (χ1) is 7.49. The highest BCUT2D eigenvalue weighted by molar-refractivity contribution is 6.34. The number of halogens is 3. The van der Waals surface area contributed by atoms with E-state index in [1.807, 2.05) is 6.92 Å². The Kier molecular flexibility index (Phi) is 6.45. The summed E-state index contributed by atoms with van der Waals surface area (Å²) >= 11 is 5.73. The minimum Gasteiger partial charge on any atom is -0.338 e. The zero-order valence-corrected chi connectivity index (χ0v) is 11.2. The van der Waals surface area contributed by atoms with E-state index in [0.29, 0.717) is 6.54 Å². The van der Waals surface area contributed by atoms with Crippen LogP contribution in [0.15, 0.2) is 18.2 Å².